The topological polar surface area (TPSA) is 218 Å². The number of benzene rings is 8. The van der Waals surface area contributed by atoms with E-state index in [-0.39, 0.29) is 32.5 Å². The van der Waals surface area contributed by atoms with E-state index >= 15 is 0 Å². The van der Waals surface area contributed by atoms with Crippen LogP contribution in [0.2, 0.25) is 0 Å². The quantitative estimate of drug-likeness (QED) is 0.104. The molecule has 16 bridgehead atoms. The number of aromatic amines is 4. The van der Waals surface area contributed by atoms with E-state index in [2.05, 4.69) is 277 Å². The molecule has 0 radical (unpaired) electrons. The Kier molecular flexibility index (Phi) is 14.7. The maximum Gasteiger partial charge on any atom is 0.164 e. The molecule has 0 saturated carbocycles. The monoisotopic (exact) mass is 1410 g/mol. The molecule has 6 aromatic heterocycles. The van der Waals surface area contributed by atoms with Crippen LogP contribution in [0.3, 0.4) is 0 Å². The molecule has 0 fully saturated rings. The third-order valence-electron chi connectivity index (χ3n) is 21.3. The first-order valence-electron chi connectivity index (χ1n) is 37.0. The highest BCUT2D eigenvalue weighted by atomic mass is 15.1. The van der Waals surface area contributed by atoms with Crippen molar-refractivity contribution in [3.63, 3.8) is 0 Å². The number of nitrogens with one attached hydrogen (secondary N) is 4. The van der Waals surface area contributed by atoms with Crippen LogP contribution in [0.4, 0.5) is 0 Å². The standard InChI is InChI=1S/C92H82N16/c1-87(2,3)49-25-33-57-65(41-49)83-99-73(57)95-79-63-39-47(23-31-55(63)71(93-79)97-81-67-43-51(89(7,8)9)27-35-59(67)75(101-81)105-85-69-45-53(91(13,14)15)29-37-61(69)77(103-83)107-85)21-19-20-22-48-24-32-56-64(40-48)80-94-72(56)98-82-68-44-52(90(10,11)12)28-36-60(68)76(102-82)106-86-70-46-54(92(16,17)18)30-38-62(70)78(108-86)104-84-66-42-50(88(4,5)6)26-34-58(66)74(96-80)100-84/h23-46H,1-18H3,(H2,93,95,97,99,101,103,105,107)(H2,94,96,98,100,102,104,106,108). The molecule has 16 nitrogen and oxygen atoms in total. The van der Waals surface area contributed by atoms with E-state index in [1.807, 2.05) is 36.4 Å². The summed E-state index contributed by atoms with van der Waals surface area (Å²) in [5, 5.41) is 6.96. The minimum absolute atomic E-state index is 0.124. The SMILES string of the molecule is CC(C)(C)c1ccc2c(c1)-c1nc-2nc2[nH]c(nc3nc(nc4[nH]c(n1)c1ccc(C#CC#Cc5ccc6c7nc8nc(nc9[nH]c(nc%10nc(nc([nH]7)c6c5)-c5ccc(C(C)(C)C)cc5-%10)c5ccc(C(C)(C)C)cc95)-c5ccc(C(C)(C)C)cc5-8)cc41)-c1ccc(C(C)(C)C)cc1-3)c1ccc(C(C)(C)C)cc21. The zero-order chi connectivity index (χ0) is 75.2. The summed E-state index contributed by atoms with van der Waals surface area (Å²) in [6, 6.07) is 51.2. The van der Waals surface area contributed by atoms with E-state index in [1.165, 1.54) is 11.1 Å². The number of hydrogen-bond acceptors (Lipinski definition) is 12. The van der Waals surface area contributed by atoms with Crippen molar-refractivity contribution in [1.82, 2.24) is 79.7 Å². The Labute approximate surface area is 626 Å². The molecule has 0 amide bonds. The maximum absolute atomic E-state index is 5.43. The molecule has 4 aliphatic heterocycles. The molecule has 4 aliphatic rings. The van der Waals surface area contributed by atoms with Crippen LogP contribution in [-0.2, 0) is 32.5 Å². The van der Waals surface area contributed by atoms with Gasteiger partial charge in [0.25, 0.3) is 0 Å². The normalized spacial score (nSPS) is 12.9. The van der Waals surface area contributed by atoms with Gasteiger partial charge in [-0.3, -0.25) is 0 Å². The fourth-order valence-corrected chi connectivity index (χ4v) is 14.7. The van der Waals surface area contributed by atoms with Gasteiger partial charge in [0, 0.05) is 98.7 Å². The summed E-state index contributed by atoms with van der Waals surface area (Å²) in [6.07, 6.45) is 0. The Morgan fingerprint density at radius 2 is 0.389 bits per heavy atom. The first-order chi connectivity index (χ1) is 51.2. The Balaban J connectivity index is 0.810. The number of nitrogens with zero attached hydrogens (tertiary/aromatic N) is 12. The lowest BCUT2D eigenvalue weighted by molar-refractivity contribution is 0.590. The van der Waals surface area contributed by atoms with Crippen LogP contribution in [0, 0.1) is 23.7 Å². The van der Waals surface area contributed by atoms with Crippen LogP contribution in [0.5, 0.6) is 0 Å². The molecular weight excluding hydrogens is 1330 g/mol. The van der Waals surface area contributed by atoms with Crippen LogP contribution in [0.25, 0.3) is 179 Å². The lowest BCUT2D eigenvalue weighted by Crippen LogP contribution is -2.10. The Hall–Kier alpha value is -12.4. The van der Waals surface area contributed by atoms with Crippen molar-refractivity contribution >= 4 is 88.3 Å². The van der Waals surface area contributed by atoms with Gasteiger partial charge < -0.3 is 19.9 Å². The lowest BCUT2D eigenvalue weighted by atomic mass is 9.85. The second kappa shape index (κ2) is 23.5. The molecule has 530 valence electrons. The molecule has 0 unspecified atom stereocenters. The van der Waals surface area contributed by atoms with Crippen LogP contribution in [0.1, 0.15) is 169 Å². The average molecular weight is 1410 g/mol. The van der Waals surface area contributed by atoms with E-state index in [0.29, 0.717) is 91.8 Å². The highest BCUT2D eigenvalue weighted by Gasteiger charge is 2.31. The van der Waals surface area contributed by atoms with Crippen molar-refractivity contribution in [1.29, 1.82) is 0 Å². The smallest absolute Gasteiger partial charge is 0.164 e. The number of hydrogen-bond donors (Lipinski definition) is 4. The summed E-state index contributed by atoms with van der Waals surface area (Å²) in [4.78, 5) is 79.2. The van der Waals surface area contributed by atoms with Crippen LogP contribution >= 0.6 is 0 Å². The van der Waals surface area contributed by atoms with Gasteiger partial charge in [0.15, 0.2) is 46.6 Å². The molecule has 14 aromatic rings. The molecule has 0 atom stereocenters. The fraction of sp³-hybridized carbons (Fsp3) is 0.261. The summed E-state index contributed by atoms with van der Waals surface area (Å²) in [5.41, 5.74) is 19.4. The highest BCUT2D eigenvalue weighted by Crippen LogP contribution is 2.45. The second-order valence-corrected chi connectivity index (χ2v) is 35.3. The third kappa shape index (κ3) is 11.6. The summed E-state index contributed by atoms with van der Waals surface area (Å²) in [7, 11) is 0. The zero-order valence-corrected chi connectivity index (χ0v) is 64.2. The van der Waals surface area contributed by atoms with Crippen molar-refractivity contribution in [2.45, 2.75) is 157 Å². The second-order valence-electron chi connectivity index (χ2n) is 35.3. The van der Waals surface area contributed by atoms with E-state index in [0.717, 1.165) is 121 Å². The van der Waals surface area contributed by atoms with Gasteiger partial charge in [-0.1, -0.05) is 209 Å². The summed E-state index contributed by atoms with van der Waals surface area (Å²) in [6.45, 7) is 39.9. The van der Waals surface area contributed by atoms with Crippen molar-refractivity contribution < 1.29 is 0 Å². The molecular formula is C92H82N16. The molecule has 0 aliphatic carbocycles. The molecule has 16 heteroatoms. The largest absolute Gasteiger partial charge is 0.324 e. The third-order valence-corrected chi connectivity index (χ3v) is 21.3. The molecule has 4 N–H and O–H groups in total. The van der Waals surface area contributed by atoms with Gasteiger partial charge in [-0.05, 0) is 151 Å². The van der Waals surface area contributed by atoms with Gasteiger partial charge in [0.1, 0.15) is 45.2 Å². The molecule has 18 rings (SSSR count). The summed E-state index contributed by atoms with van der Waals surface area (Å²) >= 11 is 0. The Bertz CT molecular complexity index is 6370. The van der Waals surface area contributed by atoms with Crippen LogP contribution in [0.15, 0.2) is 146 Å². The van der Waals surface area contributed by atoms with Crippen LogP contribution in [-0.4, -0.2) is 79.7 Å². The van der Waals surface area contributed by atoms with Crippen molar-refractivity contribution in [3.8, 4) is 115 Å². The predicted molar refractivity (Wildman–Crippen MR) is 438 cm³/mol. The first-order valence-corrected chi connectivity index (χ1v) is 37.0. The Morgan fingerprint density at radius 1 is 0.194 bits per heavy atom. The minimum atomic E-state index is -0.153. The van der Waals surface area contributed by atoms with Crippen molar-refractivity contribution in [3.05, 3.63) is 190 Å². The highest BCUT2D eigenvalue weighted by molar-refractivity contribution is 6.09. The van der Waals surface area contributed by atoms with Gasteiger partial charge >= 0.3 is 0 Å². The van der Waals surface area contributed by atoms with Gasteiger partial charge in [0.05, 0.1) is 0 Å². The molecule has 108 heavy (non-hydrogen) atoms. The number of aromatic nitrogens is 16. The number of H-pyrrole nitrogens is 4. The average Bonchev–Trinajstić information content (AvgIpc) is 1.60. The van der Waals surface area contributed by atoms with Crippen molar-refractivity contribution in [2.24, 2.45) is 0 Å². The first kappa shape index (κ1) is 67.5. The summed E-state index contributed by atoms with van der Waals surface area (Å²) < 4.78 is 0. The number of fused-ring (bicyclic) bond motifs is 40. The zero-order valence-electron chi connectivity index (χ0n) is 64.2. The van der Waals surface area contributed by atoms with Gasteiger partial charge in [0.2, 0.25) is 0 Å². The Morgan fingerprint density at radius 3 is 0.630 bits per heavy atom. The summed E-state index contributed by atoms with van der Waals surface area (Å²) in [5.74, 6) is 17.5. The number of rotatable bonds is 0. The van der Waals surface area contributed by atoms with Crippen molar-refractivity contribution in [2.75, 3.05) is 0 Å². The van der Waals surface area contributed by atoms with Crippen LogP contribution < -0.4 is 0 Å². The van der Waals surface area contributed by atoms with E-state index in [1.54, 1.807) is 0 Å². The van der Waals surface area contributed by atoms with E-state index < -0.39 is 0 Å². The fourth-order valence-electron chi connectivity index (χ4n) is 14.7. The minimum Gasteiger partial charge on any atom is -0.324 e. The lowest BCUT2D eigenvalue weighted by Gasteiger charge is -2.19. The maximum atomic E-state index is 5.43. The molecule has 0 saturated heterocycles. The van der Waals surface area contributed by atoms with E-state index in [9.17, 15) is 0 Å². The van der Waals surface area contributed by atoms with E-state index in [4.69, 9.17) is 59.8 Å². The molecule has 0 spiro atoms. The van der Waals surface area contributed by atoms with Gasteiger partial charge in [-0.15, -0.1) is 0 Å². The molecule has 8 aromatic carbocycles. The molecule has 10 heterocycles. The van der Waals surface area contributed by atoms with Gasteiger partial charge in [-0.2, -0.15) is 0 Å². The predicted octanol–water partition coefficient (Wildman–Crippen LogP) is 21.2. The van der Waals surface area contributed by atoms with Gasteiger partial charge in [-0.25, -0.2) is 59.8 Å².